The Morgan fingerprint density at radius 3 is 2.45 bits per heavy atom. The summed E-state index contributed by atoms with van der Waals surface area (Å²) in [6.45, 7) is 7.97. The highest BCUT2D eigenvalue weighted by atomic mass is 35.5. The topological polar surface area (TPSA) is 13.7 Å². The van der Waals surface area contributed by atoms with E-state index in [9.17, 15) is 0 Å². The molecule has 1 aromatic carbocycles. The van der Waals surface area contributed by atoms with Crippen molar-refractivity contribution in [3.05, 3.63) is 29.3 Å². The molecule has 0 amide bonds. The summed E-state index contributed by atoms with van der Waals surface area (Å²) in [7, 11) is 0. The van der Waals surface area contributed by atoms with Crippen LogP contribution in [0.3, 0.4) is 0 Å². The first-order valence-electron chi connectivity index (χ1n) is 7.51. The van der Waals surface area contributed by atoms with E-state index in [1.165, 1.54) is 30.0 Å². The highest BCUT2D eigenvalue weighted by Crippen LogP contribution is 2.21. The molecule has 1 aliphatic rings. The van der Waals surface area contributed by atoms with Crippen LogP contribution in [-0.4, -0.2) is 37.6 Å². The predicted octanol–water partition coefficient (Wildman–Crippen LogP) is 2.90. The first-order valence-corrected chi connectivity index (χ1v) is 8.87. The molecule has 20 heavy (non-hydrogen) atoms. The second-order valence-corrected chi connectivity index (χ2v) is 7.28. The van der Waals surface area contributed by atoms with E-state index in [1.54, 1.807) is 4.90 Å². The minimum Gasteiger partial charge on any atom is -0.364 e. The fourth-order valence-corrected chi connectivity index (χ4v) is 3.83. The van der Waals surface area contributed by atoms with Crippen molar-refractivity contribution in [3.8, 4) is 0 Å². The van der Waals surface area contributed by atoms with Gasteiger partial charge in [0.05, 0.1) is 6.54 Å². The van der Waals surface area contributed by atoms with E-state index < -0.39 is 0 Å². The van der Waals surface area contributed by atoms with Crippen LogP contribution in [0, 0.1) is 0 Å². The Hall–Kier alpha value is -0.220. The summed E-state index contributed by atoms with van der Waals surface area (Å²) >= 11 is 7.81. The molecule has 0 saturated carbocycles. The largest absolute Gasteiger partial charge is 0.364 e. The minimum atomic E-state index is 0.414. The fourth-order valence-electron chi connectivity index (χ4n) is 2.79. The van der Waals surface area contributed by atoms with Crippen molar-refractivity contribution in [1.29, 1.82) is 0 Å². The number of hydrogen-bond acceptors (Lipinski definition) is 2. The van der Waals surface area contributed by atoms with Crippen molar-refractivity contribution in [2.75, 3.05) is 25.4 Å². The quantitative estimate of drug-likeness (QED) is 0.641. The van der Waals surface area contributed by atoms with Crippen LogP contribution in [0.4, 0.5) is 0 Å². The van der Waals surface area contributed by atoms with Crippen molar-refractivity contribution in [1.82, 2.24) is 0 Å². The summed E-state index contributed by atoms with van der Waals surface area (Å²) in [5.74, 6) is 1.19. The Morgan fingerprint density at radius 2 is 1.80 bits per heavy atom. The lowest BCUT2D eigenvalue weighted by Gasteiger charge is -2.32. The third-order valence-electron chi connectivity index (χ3n) is 3.62. The molecule has 2 nitrogen and oxygen atoms in total. The Labute approximate surface area is 131 Å². The minimum absolute atomic E-state index is 0.414. The first kappa shape index (κ1) is 16.2. The van der Waals surface area contributed by atoms with Crippen LogP contribution in [-0.2, 0) is 4.74 Å². The van der Waals surface area contributed by atoms with Gasteiger partial charge in [0, 0.05) is 9.92 Å². The maximum atomic E-state index is 5.88. The summed E-state index contributed by atoms with van der Waals surface area (Å²) in [6, 6.07) is 8.13. The number of thioether (sulfide) groups is 1. The third kappa shape index (κ3) is 5.65. The van der Waals surface area contributed by atoms with E-state index in [0.717, 1.165) is 18.1 Å². The van der Waals surface area contributed by atoms with Gasteiger partial charge in [0.15, 0.2) is 0 Å². The number of nitrogens with one attached hydrogen (secondary N) is 1. The number of halogens is 1. The van der Waals surface area contributed by atoms with Crippen molar-refractivity contribution >= 4 is 23.4 Å². The zero-order valence-corrected chi connectivity index (χ0v) is 14.0. The zero-order chi connectivity index (χ0) is 14.4. The van der Waals surface area contributed by atoms with Gasteiger partial charge in [-0.3, -0.25) is 0 Å². The van der Waals surface area contributed by atoms with Gasteiger partial charge in [-0.15, -0.1) is 11.8 Å². The normalized spacial score (nSPS) is 26.6. The molecule has 4 heteroatoms. The number of hydrogen-bond donors (Lipinski definition) is 1. The van der Waals surface area contributed by atoms with Crippen LogP contribution in [0.5, 0.6) is 0 Å². The second-order valence-electron chi connectivity index (χ2n) is 5.68. The van der Waals surface area contributed by atoms with E-state index in [1.807, 2.05) is 23.9 Å². The summed E-state index contributed by atoms with van der Waals surface area (Å²) in [5, 5.41) is 0.813. The zero-order valence-electron chi connectivity index (χ0n) is 12.4. The average Bonchev–Trinajstić information content (AvgIpc) is 2.39. The van der Waals surface area contributed by atoms with E-state index in [-0.39, 0.29) is 0 Å². The fraction of sp³-hybridized carbons (Fsp3) is 0.625. The van der Waals surface area contributed by atoms with Crippen molar-refractivity contribution < 1.29 is 9.64 Å². The van der Waals surface area contributed by atoms with Crippen LogP contribution in [0.15, 0.2) is 29.2 Å². The molecule has 2 rings (SSSR count). The van der Waals surface area contributed by atoms with E-state index in [4.69, 9.17) is 16.3 Å². The lowest BCUT2D eigenvalue weighted by Crippen LogP contribution is -3.15. The highest BCUT2D eigenvalue weighted by Gasteiger charge is 2.24. The number of rotatable bonds is 6. The molecule has 1 aromatic rings. The van der Waals surface area contributed by atoms with Gasteiger partial charge in [-0.25, -0.2) is 0 Å². The second kappa shape index (κ2) is 8.28. The molecule has 0 unspecified atom stereocenters. The summed E-state index contributed by atoms with van der Waals surface area (Å²) in [5.41, 5.74) is 0. The number of morpholine rings is 1. The van der Waals surface area contributed by atoms with Crippen molar-refractivity contribution in [2.45, 2.75) is 43.8 Å². The molecular formula is C16H25ClNOS+. The molecule has 2 atom stereocenters. The monoisotopic (exact) mass is 314 g/mol. The molecular weight excluding hydrogens is 290 g/mol. The molecule has 0 spiro atoms. The molecule has 1 fully saturated rings. The van der Waals surface area contributed by atoms with E-state index in [0.29, 0.717) is 12.2 Å². The van der Waals surface area contributed by atoms with Crippen LogP contribution in [0.2, 0.25) is 5.02 Å². The van der Waals surface area contributed by atoms with E-state index in [2.05, 4.69) is 26.0 Å². The maximum absolute atomic E-state index is 5.88. The standard InChI is InChI=1S/C16H24ClNOS/c1-13-11-18(12-14(2)19-13)9-3-4-10-20-16-7-5-15(17)6-8-16/h5-8,13-14H,3-4,9-12H2,1-2H3/p+1/t13-,14-/m0/s1. The summed E-state index contributed by atoms with van der Waals surface area (Å²) < 4.78 is 5.78. The van der Waals surface area contributed by atoms with Crippen LogP contribution < -0.4 is 4.90 Å². The van der Waals surface area contributed by atoms with Gasteiger partial charge in [-0.05, 0) is 56.7 Å². The SMILES string of the molecule is C[C@H]1C[NH+](CCCCSc2ccc(Cl)cc2)C[C@H](C)O1. The number of benzene rings is 1. The van der Waals surface area contributed by atoms with Gasteiger partial charge < -0.3 is 9.64 Å². The van der Waals surface area contributed by atoms with Gasteiger partial charge in [0.1, 0.15) is 25.3 Å². The van der Waals surface area contributed by atoms with Gasteiger partial charge in [0.25, 0.3) is 0 Å². The van der Waals surface area contributed by atoms with Gasteiger partial charge in [-0.1, -0.05) is 11.6 Å². The number of ether oxygens (including phenoxy) is 1. The molecule has 112 valence electrons. The molecule has 1 saturated heterocycles. The lowest BCUT2D eigenvalue weighted by atomic mass is 10.2. The Bertz CT molecular complexity index is 388. The third-order valence-corrected chi connectivity index (χ3v) is 4.97. The molecule has 1 heterocycles. The van der Waals surface area contributed by atoms with Gasteiger partial charge in [-0.2, -0.15) is 0 Å². The first-order chi connectivity index (χ1) is 9.63. The van der Waals surface area contributed by atoms with E-state index >= 15 is 0 Å². The summed E-state index contributed by atoms with van der Waals surface area (Å²) in [6.07, 6.45) is 3.41. The predicted molar refractivity (Wildman–Crippen MR) is 87.0 cm³/mol. The van der Waals surface area contributed by atoms with Crippen LogP contribution in [0.25, 0.3) is 0 Å². The molecule has 1 N–H and O–H groups in total. The van der Waals surface area contributed by atoms with Crippen molar-refractivity contribution in [2.24, 2.45) is 0 Å². The Balaban J connectivity index is 1.58. The number of quaternary nitrogens is 1. The van der Waals surface area contributed by atoms with Crippen LogP contribution in [0.1, 0.15) is 26.7 Å². The van der Waals surface area contributed by atoms with Crippen molar-refractivity contribution in [3.63, 3.8) is 0 Å². The molecule has 1 aliphatic heterocycles. The molecule has 0 aromatic heterocycles. The smallest absolute Gasteiger partial charge is 0.104 e. The molecule has 0 aliphatic carbocycles. The Morgan fingerprint density at radius 1 is 1.15 bits per heavy atom. The maximum Gasteiger partial charge on any atom is 0.104 e. The van der Waals surface area contributed by atoms with Crippen LogP contribution >= 0.6 is 23.4 Å². The Kier molecular flexibility index (Phi) is 6.69. The highest BCUT2D eigenvalue weighted by molar-refractivity contribution is 7.99. The molecule has 0 bridgehead atoms. The average molecular weight is 315 g/mol. The van der Waals surface area contributed by atoms with Gasteiger partial charge >= 0.3 is 0 Å². The number of unbranched alkanes of at least 4 members (excludes halogenated alkanes) is 1. The van der Waals surface area contributed by atoms with Gasteiger partial charge in [0.2, 0.25) is 0 Å². The lowest BCUT2D eigenvalue weighted by molar-refractivity contribution is -0.915. The molecule has 0 radical (unpaired) electrons. The summed E-state index contributed by atoms with van der Waals surface area (Å²) in [4.78, 5) is 3.02.